The third kappa shape index (κ3) is 4.92. The predicted molar refractivity (Wildman–Crippen MR) is 111 cm³/mol. The van der Waals surface area contributed by atoms with E-state index in [1.54, 1.807) is 0 Å². The van der Waals surface area contributed by atoms with Gasteiger partial charge >= 0.3 is 0 Å². The van der Waals surface area contributed by atoms with E-state index < -0.39 is 42.0 Å². The quantitative estimate of drug-likeness (QED) is 0.462. The summed E-state index contributed by atoms with van der Waals surface area (Å²) in [7, 11) is -9.23. The van der Waals surface area contributed by atoms with Crippen LogP contribution in [0.15, 0.2) is 61.5 Å². The highest BCUT2D eigenvalue weighted by Gasteiger charge is 2.35. The summed E-state index contributed by atoms with van der Waals surface area (Å²) in [6, 6.07) is 5.54. The number of carbonyl (C=O) groups is 1. The first-order chi connectivity index (χ1) is 14.3. The van der Waals surface area contributed by atoms with Gasteiger partial charge in [0.15, 0.2) is 6.04 Å². The second kappa shape index (κ2) is 8.26. The lowest BCUT2D eigenvalue weighted by molar-refractivity contribution is -0.117. The van der Waals surface area contributed by atoms with Gasteiger partial charge in [-0.2, -0.15) is 37.2 Å². The number of nitrogens with zero attached hydrogens (tertiary/aromatic N) is 4. The second-order valence-corrected chi connectivity index (χ2v) is 9.82. The fourth-order valence-corrected chi connectivity index (χ4v) is 4.11. The van der Waals surface area contributed by atoms with Gasteiger partial charge in [-0.1, -0.05) is 29.3 Å². The van der Waals surface area contributed by atoms with Gasteiger partial charge in [0.05, 0.1) is 26.3 Å². The van der Waals surface area contributed by atoms with Crippen LogP contribution in [0.3, 0.4) is 0 Å². The first kappa shape index (κ1) is 23.2. The average Bonchev–Trinajstić information content (AvgIpc) is 2.95. The molecule has 0 aliphatic carbocycles. The second-order valence-electron chi connectivity index (χ2n) is 6.19. The van der Waals surface area contributed by atoms with Crippen LogP contribution in [0.25, 0.3) is 0 Å². The van der Waals surface area contributed by atoms with E-state index >= 15 is 0 Å². The van der Waals surface area contributed by atoms with Gasteiger partial charge in [-0.25, -0.2) is 0 Å². The summed E-state index contributed by atoms with van der Waals surface area (Å²) in [5.74, 6) is -0.720. The van der Waals surface area contributed by atoms with Gasteiger partial charge in [0.25, 0.3) is 26.1 Å². The predicted octanol–water partition coefficient (Wildman–Crippen LogP) is 3.36. The first-order valence-electron chi connectivity index (χ1n) is 8.13. The molecule has 0 fully saturated rings. The molecular formula is C16H12Cl2N4O7S2. The van der Waals surface area contributed by atoms with Crippen molar-refractivity contribution in [3.63, 3.8) is 0 Å². The molecule has 15 heteroatoms. The largest absolute Gasteiger partial charge is 0.296 e. The smallest absolute Gasteiger partial charge is 0.282 e. The number of hydrogen-bond donors (Lipinski definition) is 2. The highest BCUT2D eigenvalue weighted by Crippen LogP contribution is 2.34. The molecule has 0 saturated heterocycles. The topological polar surface area (TPSA) is 166 Å². The molecule has 11 nitrogen and oxygen atoms in total. The molecule has 0 saturated carbocycles. The summed E-state index contributed by atoms with van der Waals surface area (Å²) >= 11 is 11.6. The van der Waals surface area contributed by atoms with E-state index in [0.29, 0.717) is 0 Å². The maximum absolute atomic E-state index is 12.7. The van der Waals surface area contributed by atoms with Crippen LogP contribution in [0, 0.1) is 0 Å². The number of rotatable bonds is 5. The van der Waals surface area contributed by atoms with E-state index in [9.17, 15) is 30.7 Å². The molecule has 0 aromatic heterocycles. The van der Waals surface area contributed by atoms with Gasteiger partial charge in [0.1, 0.15) is 10.6 Å². The van der Waals surface area contributed by atoms with Crippen LogP contribution in [0.4, 0.5) is 11.4 Å². The van der Waals surface area contributed by atoms with Gasteiger partial charge in [0.2, 0.25) is 0 Å². The number of azo groups is 1. The van der Waals surface area contributed by atoms with E-state index in [0.717, 1.165) is 29.3 Å². The van der Waals surface area contributed by atoms with E-state index in [2.05, 4.69) is 15.3 Å². The molecule has 1 heterocycles. The van der Waals surface area contributed by atoms with Crippen molar-refractivity contribution in [3.05, 3.63) is 46.4 Å². The summed E-state index contributed by atoms with van der Waals surface area (Å²) in [6.07, 6.45) is 0. The first-order valence-corrected chi connectivity index (χ1v) is 11.8. The Bertz CT molecular complexity index is 1360. The molecule has 0 radical (unpaired) electrons. The third-order valence-corrected chi connectivity index (χ3v) is 6.47. The summed E-state index contributed by atoms with van der Waals surface area (Å²) in [6.45, 7) is 1.45. The minimum absolute atomic E-state index is 0.0466. The number of anilines is 1. The van der Waals surface area contributed by atoms with Gasteiger partial charge in [0, 0.05) is 0 Å². The highest BCUT2D eigenvalue weighted by atomic mass is 35.5. The van der Waals surface area contributed by atoms with Crippen LogP contribution in [0.5, 0.6) is 0 Å². The molecule has 1 unspecified atom stereocenters. The minimum Gasteiger partial charge on any atom is -0.282 e. The number of benzene rings is 2. The fraction of sp³-hybridized carbons (Fsp3) is 0.125. The normalized spacial score (nSPS) is 17.5. The van der Waals surface area contributed by atoms with Crippen molar-refractivity contribution >= 4 is 66.4 Å². The summed E-state index contributed by atoms with van der Waals surface area (Å²) in [5.41, 5.74) is -0.144. The summed E-state index contributed by atoms with van der Waals surface area (Å²) in [4.78, 5) is 11.6. The number of hydrazone groups is 1. The van der Waals surface area contributed by atoms with Crippen LogP contribution in [0.2, 0.25) is 10.0 Å². The Labute approximate surface area is 186 Å². The molecule has 164 valence electrons. The summed E-state index contributed by atoms with van der Waals surface area (Å²) in [5, 5.41) is 12.2. The van der Waals surface area contributed by atoms with Crippen molar-refractivity contribution in [1.29, 1.82) is 0 Å². The Hall–Kier alpha value is -2.42. The SMILES string of the molecule is CC1=NN(c2cccc(S(=O)(=O)O)c2)C(=O)C1N=Nc1cc(Cl)c(Cl)cc1S(=O)(=O)O. The van der Waals surface area contributed by atoms with Crippen molar-refractivity contribution in [3.8, 4) is 0 Å². The molecule has 0 spiro atoms. The molecule has 2 aromatic rings. The Balaban J connectivity index is 1.96. The zero-order valence-corrected chi connectivity index (χ0v) is 18.5. The Kier molecular flexibility index (Phi) is 6.19. The molecule has 1 amide bonds. The maximum atomic E-state index is 12.7. The average molecular weight is 507 g/mol. The van der Waals surface area contributed by atoms with Gasteiger partial charge < -0.3 is 0 Å². The van der Waals surface area contributed by atoms with Crippen LogP contribution < -0.4 is 5.01 Å². The number of amides is 1. The number of halogens is 2. The zero-order valence-electron chi connectivity index (χ0n) is 15.3. The van der Waals surface area contributed by atoms with Crippen LogP contribution in [-0.2, 0) is 25.0 Å². The number of hydrogen-bond acceptors (Lipinski definition) is 8. The lowest BCUT2D eigenvalue weighted by Gasteiger charge is -2.13. The van der Waals surface area contributed by atoms with Crippen molar-refractivity contribution in [1.82, 2.24) is 0 Å². The van der Waals surface area contributed by atoms with Crippen LogP contribution in [0.1, 0.15) is 6.92 Å². The molecule has 1 atom stereocenters. The van der Waals surface area contributed by atoms with E-state index in [1.807, 2.05) is 0 Å². The molecule has 2 N–H and O–H groups in total. The number of carbonyl (C=O) groups excluding carboxylic acids is 1. The van der Waals surface area contributed by atoms with Crippen LogP contribution >= 0.6 is 23.2 Å². The molecule has 0 bridgehead atoms. The van der Waals surface area contributed by atoms with Crippen molar-refractivity contribution in [2.24, 2.45) is 15.3 Å². The van der Waals surface area contributed by atoms with E-state index in [1.165, 1.54) is 19.1 Å². The highest BCUT2D eigenvalue weighted by molar-refractivity contribution is 7.86. The summed E-state index contributed by atoms with van der Waals surface area (Å²) < 4.78 is 64.3. The Morgan fingerprint density at radius 1 is 1.03 bits per heavy atom. The Morgan fingerprint density at radius 2 is 1.68 bits per heavy atom. The fourth-order valence-electron chi connectivity index (χ4n) is 2.57. The van der Waals surface area contributed by atoms with Gasteiger partial charge in [-0.15, -0.1) is 0 Å². The third-order valence-electron chi connectivity index (χ3n) is 4.02. The zero-order chi connectivity index (χ0) is 23.1. The van der Waals surface area contributed by atoms with Gasteiger partial charge in [-0.05, 0) is 37.3 Å². The lowest BCUT2D eigenvalue weighted by Crippen LogP contribution is -2.29. The molecule has 1 aliphatic rings. The molecule has 1 aliphatic heterocycles. The molecule has 31 heavy (non-hydrogen) atoms. The van der Waals surface area contributed by atoms with Crippen molar-refractivity contribution < 1.29 is 30.7 Å². The van der Waals surface area contributed by atoms with Crippen molar-refractivity contribution in [2.45, 2.75) is 22.8 Å². The van der Waals surface area contributed by atoms with Crippen LogP contribution in [-0.4, -0.2) is 43.6 Å². The molecular weight excluding hydrogens is 495 g/mol. The molecule has 3 rings (SSSR count). The molecule has 2 aromatic carbocycles. The van der Waals surface area contributed by atoms with Crippen molar-refractivity contribution in [2.75, 3.05) is 5.01 Å². The monoisotopic (exact) mass is 506 g/mol. The van der Waals surface area contributed by atoms with Gasteiger partial charge in [-0.3, -0.25) is 13.9 Å². The van der Waals surface area contributed by atoms with E-state index in [4.69, 9.17) is 23.2 Å². The lowest BCUT2D eigenvalue weighted by atomic mass is 10.2. The van der Waals surface area contributed by atoms with E-state index in [-0.39, 0.29) is 27.1 Å². The maximum Gasteiger partial charge on any atom is 0.296 e. The Morgan fingerprint density at radius 3 is 2.29 bits per heavy atom. The standard InChI is InChI=1S/C16H12Cl2N4O7S2/c1-8-15(20-19-13-6-11(17)12(18)7-14(13)31(27,28)29)16(23)22(21-8)9-3-2-4-10(5-9)30(24,25)26/h2-7,15H,1H3,(H,24,25,26)(H,27,28,29). The minimum atomic E-state index is -4.72.